The molecule has 118 valence electrons. The van der Waals surface area contributed by atoms with Gasteiger partial charge in [-0.15, -0.1) is 0 Å². The third kappa shape index (κ3) is 3.31. The number of aromatic nitrogens is 1. The van der Waals surface area contributed by atoms with Crippen LogP contribution in [-0.4, -0.2) is 29.9 Å². The minimum atomic E-state index is -0.285. The van der Waals surface area contributed by atoms with Crippen molar-refractivity contribution in [1.29, 1.82) is 0 Å². The molecule has 6 heteroatoms. The van der Waals surface area contributed by atoms with Crippen LogP contribution in [0.15, 0.2) is 36.5 Å². The first-order valence-corrected chi connectivity index (χ1v) is 7.29. The Morgan fingerprint density at radius 1 is 1.30 bits per heavy atom. The topological polar surface area (TPSA) is 71.5 Å². The van der Waals surface area contributed by atoms with Crippen molar-refractivity contribution in [2.24, 2.45) is 0 Å². The zero-order valence-electron chi connectivity index (χ0n) is 13.0. The van der Waals surface area contributed by atoms with Crippen LogP contribution in [-0.2, 0) is 9.59 Å². The summed E-state index contributed by atoms with van der Waals surface area (Å²) in [5.41, 5.74) is 2.85. The molecule has 0 saturated heterocycles. The number of fused-ring (bicyclic) bond motifs is 1. The minimum Gasteiger partial charge on any atom is -0.480 e. The summed E-state index contributed by atoms with van der Waals surface area (Å²) >= 11 is 0. The smallest absolute Gasteiger partial charge is 0.266 e. The number of nitrogens with one attached hydrogen (secondary N) is 1. The molecule has 3 rings (SSSR count). The number of pyridine rings is 1. The van der Waals surface area contributed by atoms with E-state index in [1.165, 1.54) is 4.90 Å². The number of hydrogen-bond acceptors (Lipinski definition) is 4. The van der Waals surface area contributed by atoms with Crippen LogP contribution >= 0.6 is 0 Å². The van der Waals surface area contributed by atoms with Gasteiger partial charge in [-0.3, -0.25) is 14.5 Å². The number of anilines is 2. The summed E-state index contributed by atoms with van der Waals surface area (Å²) in [7, 11) is 0. The average Bonchev–Trinajstić information content (AvgIpc) is 2.49. The Morgan fingerprint density at radius 2 is 2.04 bits per heavy atom. The second-order valence-electron chi connectivity index (χ2n) is 5.52. The van der Waals surface area contributed by atoms with Crippen LogP contribution in [0.1, 0.15) is 11.1 Å². The summed E-state index contributed by atoms with van der Waals surface area (Å²) in [6, 6.07) is 9.25. The molecule has 1 aromatic carbocycles. The number of benzene rings is 1. The van der Waals surface area contributed by atoms with E-state index in [4.69, 9.17) is 4.74 Å². The molecule has 6 nitrogen and oxygen atoms in total. The summed E-state index contributed by atoms with van der Waals surface area (Å²) in [4.78, 5) is 29.8. The fourth-order valence-electron chi connectivity index (χ4n) is 2.59. The first-order valence-electron chi connectivity index (χ1n) is 7.29. The van der Waals surface area contributed by atoms with Gasteiger partial charge >= 0.3 is 0 Å². The second-order valence-corrected chi connectivity index (χ2v) is 5.52. The first kappa shape index (κ1) is 15.0. The van der Waals surface area contributed by atoms with Gasteiger partial charge in [-0.2, -0.15) is 0 Å². The van der Waals surface area contributed by atoms with Gasteiger partial charge in [0, 0.05) is 11.9 Å². The summed E-state index contributed by atoms with van der Waals surface area (Å²) in [6.07, 6.45) is 1.57. The van der Waals surface area contributed by atoms with Crippen LogP contribution in [0, 0.1) is 13.8 Å². The molecule has 0 unspecified atom stereocenters. The van der Waals surface area contributed by atoms with Crippen molar-refractivity contribution in [1.82, 2.24) is 4.98 Å². The maximum absolute atomic E-state index is 12.3. The van der Waals surface area contributed by atoms with Crippen LogP contribution < -0.4 is 15.0 Å². The molecule has 0 spiro atoms. The summed E-state index contributed by atoms with van der Waals surface area (Å²) in [5.74, 6) is 0.319. The van der Waals surface area contributed by atoms with Gasteiger partial charge in [0.05, 0.1) is 0 Å². The number of carbonyl (C=O) groups is 2. The van der Waals surface area contributed by atoms with E-state index in [1.54, 1.807) is 18.3 Å². The number of hydrogen-bond donors (Lipinski definition) is 1. The molecule has 0 atom stereocenters. The number of carbonyl (C=O) groups excluding carboxylic acids is 2. The zero-order chi connectivity index (χ0) is 16.4. The van der Waals surface area contributed by atoms with Gasteiger partial charge < -0.3 is 10.1 Å². The number of nitrogens with zero attached hydrogens (tertiary/aromatic N) is 2. The van der Waals surface area contributed by atoms with Crippen molar-refractivity contribution in [2.45, 2.75) is 13.8 Å². The fraction of sp³-hybridized carbons (Fsp3) is 0.235. The molecule has 0 bridgehead atoms. The second kappa shape index (κ2) is 6.08. The van der Waals surface area contributed by atoms with E-state index in [9.17, 15) is 9.59 Å². The van der Waals surface area contributed by atoms with E-state index in [1.807, 2.05) is 32.0 Å². The van der Waals surface area contributed by atoms with Crippen LogP contribution in [0.4, 0.5) is 11.5 Å². The van der Waals surface area contributed by atoms with Gasteiger partial charge in [0.15, 0.2) is 18.2 Å². The standard InChI is InChI=1S/C17H17N3O3/c1-11-6-12(2)8-13(7-11)19-15(21)9-20-16(22)10-23-14-4-3-5-18-17(14)20/h3-8H,9-10H2,1-2H3,(H,19,21). The molecule has 23 heavy (non-hydrogen) atoms. The lowest BCUT2D eigenvalue weighted by molar-refractivity contribution is -0.123. The molecule has 0 saturated carbocycles. The predicted molar refractivity (Wildman–Crippen MR) is 86.6 cm³/mol. The third-order valence-electron chi connectivity index (χ3n) is 3.47. The lowest BCUT2D eigenvalue weighted by atomic mass is 10.1. The highest BCUT2D eigenvalue weighted by Gasteiger charge is 2.28. The Bertz CT molecular complexity index is 753. The lowest BCUT2D eigenvalue weighted by Crippen LogP contribution is -2.43. The maximum atomic E-state index is 12.3. The van der Waals surface area contributed by atoms with Gasteiger partial charge in [-0.05, 0) is 49.2 Å². The normalized spacial score (nSPS) is 13.3. The number of aryl methyl sites for hydroxylation is 2. The quantitative estimate of drug-likeness (QED) is 0.942. The number of rotatable bonds is 3. The molecular weight excluding hydrogens is 294 g/mol. The molecular formula is C17H17N3O3. The van der Waals surface area contributed by atoms with Gasteiger partial charge in [0.25, 0.3) is 5.91 Å². The van der Waals surface area contributed by atoms with E-state index in [0.717, 1.165) is 16.8 Å². The van der Waals surface area contributed by atoms with Crippen LogP contribution in [0.2, 0.25) is 0 Å². The van der Waals surface area contributed by atoms with Crippen molar-refractivity contribution in [3.63, 3.8) is 0 Å². The lowest BCUT2D eigenvalue weighted by Gasteiger charge is -2.27. The Hall–Kier alpha value is -2.89. The average molecular weight is 311 g/mol. The SMILES string of the molecule is Cc1cc(C)cc(NC(=O)CN2C(=O)COc3cccnc32)c1. The van der Waals surface area contributed by atoms with E-state index in [0.29, 0.717) is 11.6 Å². The molecule has 1 aliphatic rings. The Kier molecular flexibility index (Phi) is 3.97. The van der Waals surface area contributed by atoms with E-state index in [2.05, 4.69) is 10.3 Å². The van der Waals surface area contributed by atoms with Crippen molar-refractivity contribution in [2.75, 3.05) is 23.4 Å². The summed E-state index contributed by atoms with van der Waals surface area (Å²) in [6.45, 7) is 3.75. The summed E-state index contributed by atoms with van der Waals surface area (Å²) < 4.78 is 5.31. The predicted octanol–water partition coefficient (Wildman–Crippen LogP) is 2.06. The van der Waals surface area contributed by atoms with Crippen LogP contribution in [0.3, 0.4) is 0 Å². The van der Waals surface area contributed by atoms with Crippen molar-refractivity contribution in [3.8, 4) is 5.75 Å². The number of ether oxygens (including phenoxy) is 1. The zero-order valence-corrected chi connectivity index (χ0v) is 13.0. The molecule has 2 heterocycles. The highest BCUT2D eigenvalue weighted by Crippen LogP contribution is 2.28. The van der Waals surface area contributed by atoms with Gasteiger partial charge in [0.1, 0.15) is 6.54 Å². The van der Waals surface area contributed by atoms with Crippen LogP contribution in [0.5, 0.6) is 5.75 Å². The molecule has 1 aliphatic heterocycles. The third-order valence-corrected chi connectivity index (χ3v) is 3.47. The highest BCUT2D eigenvalue weighted by atomic mass is 16.5. The monoisotopic (exact) mass is 311 g/mol. The first-order chi connectivity index (χ1) is 11.0. The molecule has 2 amide bonds. The van der Waals surface area contributed by atoms with Crippen molar-refractivity contribution < 1.29 is 14.3 Å². The van der Waals surface area contributed by atoms with E-state index >= 15 is 0 Å². The van der Waals surface area contributed by atoms with Crippen molar-refractivity contribution in [3.05, 3.63) is 47.7 Å². The minimum absolute atomic E-state index is 0.0878. The maximum Gasteiger partial charge on any atom is 0.266 e. The molecule has 1 aromatic heterocycles. The fourth-order valence-corrected chi connectivity index (χ4v) is 2.59. The molecule has 0 radical (unpaired) electrons. The Balaban J connectivity index is 1.76. The van der Waals surface area contributed by atoms with Gasteiger partial charge in [0.2, 0.25) is 5.91 Å². The molecule has 0 aliphatic carbocycles. The van der Waals surface area contributed by atoms with E-state index < -0.39 is 0 Å². The summed E-state index contributed by atoms with van der Waals surface area (Å²) in [5, 5.41) is 2.82. The largest absolute Gasteiger partial charge is 0.480 e. The highest BCUT2D eigenvalue weighted by molar-refractivity contribution is 6.04. The van der Waals surface area contributed by atoms with Gasteiger partial charge in [-0.1, -0.05) is 6.07 Å². The van der Waals surface area contributed by atoms with E-state index in [-0.39, 0.29) is 25.0 Å². The Labute approximate surface area is 134 Å². The number of amides is 2. The Morgan fingerprint density at radius 3 is 2.78 bits per heavy atom. The molecule has 0 fully saturated rings. The van der Waals surface area contributed by atoms with Crippen LogP contribution in [0.25, 0.3) is 0 Å². The molecule has 1 N–H and O–H groups in total. The van der Waals surface area contributed by atoms with Gasteiger partial charge in [-0.25, -0.2) is 4.98 Å². The molecule has 2 aromatic rings. The van der Waals surface area contributed by atoms with Crippen molar-refractivity contribution >= 4 is 23.3 Å².